The summed E-state index contributed by atoms with van der Waals surface area (Å²) in [4.78, 5) is 13.5. The van der Waals surface area contributed by atoms with Crippen molar-refractivity contribution in [1.82, 2.24) is 20.1 Å². The van der Waals surface area contributed by atoms with Crippen molar-refractivity contribution < 1.29 is 9.18 Å². The first-order chi connectivity index (χ1) is 14.7. The van der Waals surface area contributed by atoms with Crippen LogP contribution in [0.1, 0.15) is 4.88 Å². The van der Waals surface area contributed by atoms with E-state index < -0.39 is 0 Å². The molecule has 30 heavy (non-hydrogen) atoms. The quantitative estimate of drug-likeness (QED) is 0.409. The summed E-state index contributed by atoms with van der Waals surface area (Å²) in [5.74, 6) is 0.486. The van der Waals surface area contributed by atoms with E-state index in [1.807, 2.05) is 46.3 Å². The number of nitrogens with one attached hydrogen (secondary N) is 1. The molecular weight excluding hydrogens is 419 g/mol. The summed E-state index contributed by atoms with van der Waals surface area (Å²) in [6.45, 7) is 0.597. The highest BCUT2D eigenvalue weighted by Crippen LogP contribution is 2.28. The molecule has 0 aliphatic rings. The minimum atomic E-state index is -0.313. The molecule has 0 atom stereocenters. The van der Waals surface area contributed by atoms with E-state index in [0.29, 0.717) is 17.5 Å². The van der Waals surface area contributed by atoms with Gasteiger partial charge in [0.15, 0.2) is 11.0 Å². The first-order valence-electron chi connectivity index (χ1n) is 9.39. The molecule has 2 heterocycles. The van der Waals surface area contributed by atoms with Gasteiger partial charge in [0.2, 0.25) is 5.91 Å². The minimum Gasteiger partial charge on any atom is -0.355 e. The Bertz CT molecular complexity index is 1100. The van der Waals surface area contributed by atoms with Crippen molar-refractivity contribution in [2.45, 2.75) is 11.6 Å². The highest BCUT2D eigenvalue weighted by atomic mass is 32.2. The lowest BCUT2D eigenvalue weighted by Crippen LogP contribution is -2.27. The number of thiophene rings is 1. The minimum absolute atomic E-state index is 0.0635. The van der Waals surface area contributed by atoms with Gasteiger partial charge in [-0.15, -0.1) is 21.5 Å². The molecule has 0 aliphatic heterocycles. The van der Waals surface area contributed by atoms with E-state index in [1.54, 1.807) is 23.5 Å². The van der Waals surface area contributed by atoms with Crippen LogP contribution in [0, 0.1) is 5.82 Å². The van der Waals surface area contributed by atoms with Crippen LogP contribution in [0.4, 0.5) is 4.39 Å². The fraction of sp³-hybridized carbons (Fsp3) is 0.136. The summed E-state index contributed by atoms with van der Waals surface area (Å²) >= 11 is 2.98. The Morgan fingerprint density at radius 1 is 1.03 bits per heavy atom. The van der Waals surface area contributed by atoms with Crippen molar-refractivity contribution in [3.8, 4) is 17.1 Å². The maximum atomic E-state index is 13.4. The molecule has 0 bridgehead atoms. The summed E-state index contributed by atoms with van der Waals surface area (Å²) in [6.07, 6.45) is 0.817. The molecular formula is C22H19FN4OS2. The zero-order valence-electron chi connectivity index (χ0n) is 16.0. The topological polar surface area (TPSA) is 59.8 Å². The molecule has 0 aliphatic carbocycles. The van der Waals surface area contributed by atoms with Gasteiger partial charge in [0, 0.05) is 22.7 Å². The SMILES string of the molecule is O=C(CSc1nnc(-c2ccccc2)n1-c1ccc(F)cc1)NCCc1cccs1. The highest BCUT2D eigenvalue weighted by molar-refractivity contribution is 7.99. The van der Waals surface area contributed by atoms with Gasteiger partial charge >= 0.3 is 0 Å². The number of carbonyl (C=O) groups is 1. The largest absolute Gasteiger partial charge is 0.355 e. The fourth-order valence-corrected chi connectivity index (χ4v) is 4.41. The van der Waals surface area contributed by atoms with Crippen LogP contribution in [0.25, 0.3) is 17.1 Å². The first kappa shape index (κ1) is 20.3. The lowest BCUT2D eigenvalue weighted by Gasteiger charge is -2.10. The van der Waals surface area contributed by atoms with E-state index in [0.717, 1.165) is 17.7 Å². The van der Waals surface area contributed by atoms with E-state index in [9.17, 15) is 9.18 Å². The van der Waals surface area contributed by atoms with E-state index in [2.05, 4.69) is 21.6 Å². The molecule has 0 fully saturated rings. The first-order valence-corrected chi connectivity index (χ1v) is 11.3. The third kappa shape index (κ3) is 4.95. The molecule has 4 rings (SSSR count). The second kappa shape index (κ2) is 9.69. The summed E-state index contributed by atoms with van der Waals surface area (Å²) in [5.41, 5.74) is 1.63. The third-order valence-corrected chi connectivity index (χ3v) is 6.22. The smallest absolute Gasteiger partial charge is 0.230 e. The lowest BCUT2D eigenvalue weighted by atomic mass is 10.2. The number of amides is 1. The Hall–Kier alpha value is -2.97. The van der Waals surface area contributed by atoms with E-state index in [4.69, 9.17) is 0 Å². The van der Waals surface area contributed by atoms with Gasteiger partial charge < -0.3 is 5.32 Å². The van der Waals surface area contributed by atoms with Gasteiger partial charge in [-0.25, -0.2) is 4.39 Å². The maximum absolute atomic E-state index is 13.4. The number of aromatic nitrogens is 3. The summed E-state index contributed by atoms with van der Waals surface area (Å²) < 4.78 is 15.3. The predicted octanol–water partition coefficient (Wildman–Crippen LogP) is 4.59. The second-order valence-electron chi connectivity index (χ2n) is 6.45. The number of rotatable bonds is 8. The summed E-state index contributed by atoms with van der Waals surface area (Å²) in [6, 6.07) is 19.9. The standard InChI is InChI=1S/C22H19FN4OS2/c23-17-8-10-18(11-9-17)27-21(16-5-2-1-3-6-16)25-26-22(27)30-15-20(28)24-13-12-19-7-4-14-29-19/h1-11,14H,12-13,15H2,(H,24,28). The molecule has 2 aromatic heterocycles. The van der Waals surface area contributed by atoms with Crippen LogP contribution in [-0.4, -0.2) is 33.0 Å². The number of hydrogen-bond acceptors (Lipinski definition) is 5. The van der Waals surface area contributed by atoms with Crippen LogP contribution >= 0.6 is 23.1 Å². The molecule has 0 unspecified atom stereocenters. The summed E-state index contributed by atoms with van der Waals surface area (Å²) in [7, 11) is 0. The second-order valence-corrected chi connectivity index (χ2v) is 8.43. The zero-order chi connectivity index (χ0) is 20.8. The van der Waals surface area contributed by atoms with Crippen LogP contribution in [0.2, 0.25) is 0 Å². The Labute approximate surface area is 182 Å². The number of carbonyl (C=O) groups excluding carboxylic acids is 1. The Morgan fingerprint density at radius 2 is 1.83 bits per heavy atom. The highest BCUT2D eigenvalue weighted by Gasteiger charge is 2.17. The number of halogens is 1. The zero-order valence-corrected chi connectivity index (χ0v) is 17.6. The normalized spacial score (nSPS) is 10.8. The van der Waals surface area contributed by atoms with Gasteiger partial charge in [-0.05, 0) is 42.1 Å². The van der Waals surface area contributed by atoms with Crippen molar-refractivity contribution >= 4 is 29.0 Å². The molecule has 0 saturated carbocycles. The molecule has 1 amide bonds. The van der Waals surface area contributed by atoms with Crippen LogP contribution in [0.15, 0.2) is 77.3 Å². The Morgan fingerprint density at radius 3 is 2.57 bits per heavy atom. The third-order valence-electron chi connectivity index (χ3n) is 4.36. The molecule has 0 radical (unpaired) electrons. The molecule has 2 aromatic carbocycles. The number of benzene rings is 2. The van der Waals surface area contributed by atoms with Crippen LogP contribution in [-0.2, 0) is 11.2 Å². The average Bonchev–Trinajstić information content (AvgIpc) is 3.43. The van der Waals surface area contributed by atoms with Gasteiger partial charge in [-0.2, -0.15) is 0 Å². The van der Waals surface area contributed by atoms with Gasteiger partial charge in [0.25, 0.3) is 0 Å². The van der Waals surface area contributed by atoms with Crippen molar-refractivity contribution in [1.29, 1.82) is 0 Å². The Balaban J connectivity index is 1.49. The van der Waals surface area contributed by atoms with Crippen molar-refractivity contribution in [2.75, 3.05) is 12.3 Å². The number of hydrogen-bond donors (Lipinski definition) is 1. The number of thioether (sulfide) groups is 1. The van der Waals surface area contributed by atoms with Gasteiger partial charge in [0.1, 0.15) is 5.82 Å². The van der Waals surface area contributed by atoms with Crippen LogP contribution < -0.4 is 5.32 Å². The molecule has 1 N–H and O–H groups in total. The van der Waals surface area contributed by atoms with Gasteiger partial charge in [-0.1, -0.05) is 48.2 Å². The van der Waals surface area contributed by atoms with E-state index >= 15 is 0 Å². The molecule has 152 valence electrons. The fourth-order valence-electron chi connectivity index (χ4n) is 2.92. The predicted molar refractivity (Wildman–Crippen MR) is 119 cm³/mol. The van der Waals surface area contributed by atoms with Crippen molar-refractivity contribution in [3.63, 3.8) is 0 Å². The van der Waals surface area contributed by atoms with E-state index in [1.165, 1.54) is 28.8 Å². The maximum Gasteiger partial charge on any atom is 0.230 e. The number of nitrogens with zero attached hydrogens (tertiary/aromatic N) is 3. The van der Waals surface area contributed by atoms with Crippen molar-refractivity contribution in [3.05, 3.63) is 82.8 Å². The molecule has 5 nitrogen and oxygen atoms in total. The average molecular weight is 439 g/mol. The lowest BCUT2D eigenvalue weighted by molar-refractivity contribution is -0.118. The van der Waals surface area contributed by atoms with E-state index in [-0.39, 0.29) is 17.5 Å². The monoisotopic (exact) mass is 438 g/mol. The van der Waals surface area contributed by atoms with Gasteiger partial charge in [-0.3, -0.25) is 9.36 Å². The van der Waals surface area contributed by atoms with Crippen LogP contribution in [0.3, 0.4) is 0 Å². The molecule has 8 heteroatoms. The van der Waals surface area contributed by atoms with Gasteiger partial charge in [0.05, 0.1) is 5.75 Å². The molecule has 4 aromatic rings. The molecule has 0 saturated heterocycles. The Kier molecular flexibility index (Phi) is 6.56. The molecule has 0 spiro atoms. The van der Waals surface area contributed by atoms with Crippen molar-refractivity contribution in [2.24, 2.45) is 0 Å². The van der Waals surface area contributed by atoms with Crippen LogP contribution in [0.5, 0.6) is 0 Å². The summed E-state index contributed by atoms with van der Waals surface area (Å²) in [5, 5.41) is 14.2.